The molecule has 1 heterocycles. The van der Waals surface area contributed by atoms with Crippen LogP contribution in [0.1, 0.15) is 37.4 Å². The minimum Gasteiger partial charge on any atom is -0.493 e. The van der Waals surface area contributed by atoms with Gasteiger partial charge in [-0.15, -0.1) is 0 Å². The Balaban J connectivity index is 1.74. The summed E-state index contributed by atoms with van der Waals surface area (Å²) in [6.45, 7) is 1.93. The van der Waals surface area contributed by atoms with Gasteiger partial charge in [0.2, 0.25) is 5.91 Å². The fourth-order valence-electron chi connectivity index (χ4n) is 3.23. The third-order valence-corrected chi connectivity index (χ3v) is 5.99. The molecule has 0 aliphatic heterocycles. The van der Waals surface area contributed by atoms with Crippen molar-refractivity contribution in [2.75, 3.05) is 19.5 Å². The van der Waals surface area contributed by atoms with Crippen LogP contribution in [0.2, 0.25) is 0 Å². The number of benzene rings is 1. The summed E-state index contributed by atoms with van der Waals surface area (Å²) in [6, 6.07) is 5.22. The first kappa shape index (κ1) is 20.3. The average Bonchev–Trinajstić information content (AvgIpc) is 2.71. The van der Waals surface area contributed by atoms with Gasteiger partial charge in [0.25, 0.3) is 5.56 Å². The van der Waals surface area contributed by atoms with Crippen LogP contribution in [-0.4, -0.2) is 35.3 Å². The third-order valence-electron chi connectivity index (χ3n) is 4.74. The number of carbonyl (C=O) groups excluding carboxylic acids is 1. The largest absolute Gasteiger partial charge is 0.493 e. The van der Waals surface area contributed by atoms with E-state index >= 15 is 0 Å². The van der Waals surface area contributed by atoms with E-state index in [9.17, 15) is 9.59 Å². The Labute approximate surface area is 168 Å². The van der Waals surface area contributed by atoms with Gasteiger partial charge in [-0.3, -0.25) is 9.59 Å². The van der Waals surface area contributed by atoms with Gasteiger partial charge < -0.3 is 19.8 Å². The number of nitrogens with one attached hydrogen (secondary N) is 2. The van der Waals surface area contributed by atoms with E-state index in [2.05, 4.69) is 15.3 Å². The highest BCUT2D eigenvalue weighted by Crippen LogP contribution is 2.31. The molecule has 1 aliphatic carbocycles. The summed E-state index contributed by atoms with van der Waals surface area (Å²) in [5, 5.41) is 3.02. The van der Waals surface area contributed by atoms with E-state index < -0.39 is 0 Å². The highest BCUT2D eigenvalue weighted by atomic mass is 32.2. The van der Waals surface area contributed by atoms with Crippen molar-refractivity contribution < 1.29 is 14.3 Å². The second kappa shape index (κ2) is 9.14. The summed E-state index contributed by atoms with van der Waals surface area (Å²) in [6.07, 6.45) is 4.27. The SMILES string of the molecule is CCC(Sc1nc2c(c(=O)[nH]1)CCCC2)C(=O)Nc1ccc(OC)c(OC)c1. The van der Waals surface area contributed by atoms with Gasteiger partial charge in [-0.05, 0) is 44.2 Å². The molecule has 150 valence electrons. The van der Waals surface area contributed by atoms with E-state index in [-0.39, 0.29) is 16.7 Å². The molecular weight excluding hydrogens is 378 g/mol. The summed E-state index contributed by atoms with van der Waals surface area (Å²) in [7, 11) is 3.11. The number of hydrogen-bond acceptors (Lipinski definition) is 6. The van der Waals surface area contributed by atoms with Gasteiger partial charge in [0, 0.05) is 17.3 Å². The van der Waals surface area contributed by atoms with Crippen LogP contribution in [0.5, 0.6) is 11.5 Å². The van der Waals surface area contributed by atoms with Gasteiger partial charge in [0.1, 0.15) is 0 Å². The molecule has 8 heteroatoms. The predicted octanol–water partition coefficient (Wildman–Crippen LogP) is 3.18. The summed E-state index contributed by atoms with van der Waals surface area (Å²) in [5.41, 5.74) is 2.20. The summed E-state index contributed by atoms with van der Waals surface area (Å²) in [5.74, 6) is 0.986. The van der Waals surface area contributed by atoms with E-state index in [4.69, 9.17) is 9.47 Å². The summed E-state index contributed by atoms with van der Waals surface area (Å²) >= 11 is 1.29. The lowest BCUT2D eigenvalue weighted by molar-refractivity contribution is -0.115. The minimum atomic E-state index is -0.377. The van der Waals surface area contributed by atoms with Crippen molar-refractivity contribution in [1.82, 2.24) is 9.97 Å². The molecule has 28 heavy (non-hydrogen) atoms. The Bertz CT molecular complexity index is 913. The van der Waals surface area contributed by atoms with Crippen LogP contribution in [0.4, 0.5) is 5.69 Å². The van der Waals surface area contributed by atoms with Crippen molar-refractivity contribution in [2.24, 2.45) is 0 Å². The van der Waals surface area contributed by atoms with Gasteiger partial charge >= 0.3 is 0 Å². The maximum absolute atomic E-state index is 12.8. The first-order chi connectivity index (χ1) is 13.5. The Hall–Kier alpha value is -2.48. The van der Waals surface area contributed by atoms with Crippen molar-refractivity contribution >= 4 is 23.4 Å². The number of aryl methyl sites for hydroxylation is 1. The number of rotatable bonds is 7. The number of methoxy groups -OCH3 is 2. The van der Waals surface area contributed by atoms with Crippen LogP contribution in [0.25, 0.3) is 0 Å². The predicted molar refractivity (Wildman–Crippen MR) is 110 cm³/mol. The first-order valence-electron chi connectivity index (χ1n) is 9.37. The summed E-state index contributed by atoms with van der Waals surface area (Å²) < 4.78 is 10.5. The van der Waals surface area contributed by atoms with E-state index in [0.29, 0.717) is 28.8 Å². The molecule has 2 aromatic rings. The molecular formula is C20H25N3O4S. The Morgan fingerprint density at radius 3 is 2.71 bits per heavy atom. The lowest BCUT2D eigenvalue weighted by Crippen LogP contribution is -2.26. The van der Waals surface area contributed by atoms with Gasteiger partial charge in [-0.25, -0.2) is 4.98 Å². The van der Waals surface area contributed by atoms with Crippen molar-refractivity contribution in [3.63, 3.8) is 0 Å². The molecule has 1 unspecified atom stereocenters. The number of thioether (sulfide) groups is 1. The van der Waals surface area contributed by atoms with Crippen LogP contribution < -0.4 is 20.3 Å². The molecule has 0 saturated carbocycles. The smallest absolute Gasteiger partial charge is 0.254 e. The number of carbonyl (C=O) groups is 1. The number of hydrogen-bond donors (Lipinski definition) is 2. The summed E-state index contributed by atoms with van der Waals surface area (Å²) in [4.78, 5) is 32.5. The second-order valence-corrected chi connectivity index (χ2v) is 7.77. The highest BCUT2D eigenvalue weighted by molar-refractivity contribution is 8.00. The van der Waals surface area contributed by atoms with E-state index in [1.807, 2.05) is 6.92 Å². The molecule has 2 N–H and O–H groups in total. The lowest BCUT2D eigenvalue weighted by Gasteiger charge is -2.17. The molecule has 1 aromatic heterocycles. The third kappa shape index (κ3) is 4.49. The molecule has 0 saturated heterocycles. The van der Waals surface area contributed by atoms with E-state index in [1.165, 1.54) is 11.8 Å². The fourth-order valence-corrected chi connectivity index (χ4v) is 4.15. The number of fused-ring (bicyclic) bond motifs is 1. The Morgan fingerprint density at radius 2 is 2.00 bits per heavy atom. The standard InChI is InChI=1S/C20H25N3O4S/c1-4-17(19(25)21-12-9-10-15(26-2)16(11-12)27-3)28-20-22-14-8-6-5-7-13(14)18(24)23-20/h9-11,17H,4-8H2,1-3H3,(H,21,25)(H,22,23,24). The maximum Gasteiger partial charge on any atom is 0.254 e. The van der Waals surface area contributed by atoms with Crippen LogP contribution in [0, 0.1) is 0 Å². The van der Waals surface area contributed by atoms with Crippen LogP contribution >= 0.6 is 11.8 Å². The van der Waals surface area contributed by atoms with Crippen molar-refractivity contribution in [3.8, 4) is 11.5 Å². The second-order valence-electron chi connectivity index (χ2n) is 6.58. The topological polar surface area (TPSA) is 93.3 Å². The van der Waals surface area contributed by atoms with Crippen molar-refractivity contribution in [2.45, 2.75) is 49.4 Å². The molecule has 0 radical (unpaired) electrons. The average molecular weight is 404 g/mol. The maximum atomic E-state index is 12.8. The molecule has 0 bridgehead atoms. The number of ether oxygens (including phenoxy) is 2. The van der Waals surface area contributed by atoms with Crippen LogP contribution in [0.15, 0.2) is 28.2 Å². The quantitative estimate of drug-likeness (QED) is 0.545. The Morgan fingerprint density at radius 1 is 1.25 bits per heavy atom. The van der Waals surface area contributed by atoms with Crippen LogP contribution in [0.3, 0.4) is 0 Å². The normalized spacial score (nSPS) is 14.1. The number of aromatic nitrogens is 2. The molecule has 1 amide bonds. The fraction of sp³-hybridized carbons (Fsp3) is 0.450. The first-order valence-corrected chi connectivity index (χ1v) is 10.2. The molecule has 0 fully saturated rings. The number of amides is 1. The number of aromatic amines is 1. The minimum absolute atomic E-state index is 0.0812. The van der Waals surface area contributed by atoms with Crippen molar-refractivity contribution in [1.29, 1.82) is 0 Å². The van der Waals surface area contributed by atoms with Gasteiger partial charge in [0.05, 0.1) is 25.2 Å². The van der Waals surface area contributed by atoms with Gasteiger partial charge in [0.15, 0.2) is 16.7 Å². The monoisotopic (exact) mass is 403 g/mol. The number of anilines is 1. The van der Waals surface area contributed by atoms with Crippen LogP contribution in [-0.2, 0) is 17.6 Å². The molecule has 1 aromatic carbocycles. The molecule has 0 spiro atoms. The van der Waals surface area contributed by atoms with Gasteiger partial charge in [-0.1, -0.05) is 18.7 Å². The zero-order valence-electron chi connectivity index (χ0n) is 16.3. The Kier molecular flexibility index (Phi) is 6.61. The number of nitrogens with zero attached hydrogens (tertiary/aromatic N) is 1. The number of H-pyrrole nitrogens is 1. The van der Waals surface area contributed by atoms with E-state index in [1.54, 1.807) is 32.4 Å². The molecule has 7 nitrogen and oxygen atoms in total. The lowest BCUT2D eigenvalue weighted by atomic mass is 9.97. The van der Waals surface area contributed by atoms with Gasteiger partial charge in [-0.2, -0.15) is 0 Å². The highest BCUT2D eigenvalue weighted by Gasteiger charge is 2.22. The van der Waals surface area contributed by atoms with Crippen molar-refractivity contribution in [3.05, 3.63) is 39.8 Å². The zero-order chi connectivity index (χ0) is 20.1. The molecule has 1 atom stereocenters. The zero-order valence-corrected chi connectivity index (χ0v) is 17.1. The molecule has 3 rings (SSSR count). The molecule has 1 aliphatic rings. The van der Waals surface area contributed by atoms with E-state index in [0.717, 1.165) is 36.9 Å².